The summed E-state index contributed by atoms with van der Waals surface area (Å²) in [5.74, 6) is 0. The van der Waals surface area contributed by atoms with Crippen LogP contribution in [0.4, 0.5) is 0 Å². The van der Waals surface area contributed by atoms with Crippen LogP contribution in [0.1, 0.15) is 38.9 Å². The fourth-order valence-electron chi connectivity index (χ4n) is 0.911. The van der Waals surface area contributed by atoms with E-state index in [9.17, 15) is 5.11 Å². The Labute approximate surface area is 94.3 Å². The quantitative estimate of drug-likeness (QED) is 0.788. The fourth-order valence-corrected chi connectivity index (χ4v) is 0.911. The van der Waals surface area contributed by atoms with Crippen molar-refractivity contribution in [1.29, 1.82) is 0 Å². The highest BCUT2D eigenvalue weighted by Crippen LogP contribution is 2.14. The third kappa shape index (κ3) is 9.44. The van der Waals surface area contributed by atoms with Crippen molar-refractivity contribution in [2.45, 2.75) is 33.3 Å². The van der Waals surface area contributed by atoms with Gasteiger partial charge in [0, 0.05) is 0 Å². The zero-order valence-electron chi connectivity index (χ0n) is 10.6. The van der Waals surface area contributed by atoms with Crippen LogP contribution in [0.5, 0.6) is 0 Å². The van der Waals surface area contributed by atoms with Crippen LogP contribution in [0.15, 0.2) is 30.3 Å². The second-order valence-corrected chi connectivity index (χ2v) is 2.83. The van der Waals surface area contributed by atoms with Crippen molar-refractivity contribution < 1.29 is 5.11 Å². The van der Waals surface area contributed by atoms with Crippen molar-refractivity contribution >= 4 is 0 Å². The van der Waals surface area contributed by atoms with Gasteiger partial charge in [-0.2, -0.15) is 0 Å². The predicted octanol–water partition coefficient (Wildman–Crippen LogP) is 2.99. The second kappa shape index (κ2) is 13.1. The highest BCUT2D eigenvalue weighted by molar-refractivity contribution is 5.16. The molecular weight excluding hydrogens is 186 g/mol. The van der Waals surface area contributed by atoms with Crippen molar-refractivity contribution in [3.63, 3.8) is 0 Å². The van der Waals surface area contributed by atoms with E-state index in [2.05, 4.69) is 5.32 Å². The lowest BCUT2D eigenvalue weighted by atomic mass is 10.1. The van der Waals surface area contributed by atoms with E-state index in [0.717, 1.165) is 12.0 Å². The van der Waals surface area contributed by atoms with Crippen molar-refractivity contribution in [3.8, 4) is 0 Å². The predicted molar refractivity (Wildman–Crippen MR) is 68.0 cm³/mol. The topological polar surface area (TPSA) is 32.3 Å². The molecule has 0 saturated carbocycles. The van der Waals surface area contributed by atoms with Crippen molar-refractivity contribution in [2.75, 3.05) is 14.1 Å². The summed E-state index contributed by atoms with van der Waals surface area (Å²) >= 11 is 0. The third-order valence-electron chi connectivity index (χ3n) is 1.57. The van der Waals surface area contributed by atoms with Gasteiger partial charge in [-0.1, -0.05) is 51.1 Å². The summed E-state index contributed by atoms with van der Waals surface area (Å²) in [5, 5.41) is 12.1. The van der Waals surface area contributed by atoms with E-state index in [0.29, 0.717) is 0 Å². The van der Waals surface area contributed by atoms with Gasteiger partial charge in [0.1, 0.15) is 0 Å². The number of rotatable bonds is 2. The lowest BCUT2D eigenvalue weighted by molar-refractivity contribution is 0.173. The minimum Gasteiger partial charge on any atom is -0.388 e. The first kappa shape index (κ1) is 16.6. The SMILES string of the molecule is CC.CCC(O)c1ccccc1.CNC. The molecule has 0 fully saturated rings. The third-order valence-corrected chi connectivity index (χ3v) is 1.57. The molecule has 2 heteroatoms. The molecule has 0 saturated heterocycles. The van der Waals surface area contributed by atoms with Gasteiger partial charge in [0.2, 0.25) is 0 Å². The smallest absolute Gasteiger partial charge is 0.0787 e. The molecule has 1 aromatic rings. The van der Waals surface area contributed by atoms with Gasteiger partial charge in [0.05, 0.1) is 6.10 Å². The lowest BCUT2D eigenvalue weighted by Gasteiger charge is -2.05. The van der Waals surface area contributed by atoms with Crippen LogP contribution < -0.4 is 5.32 Å². The van der Waals surface area contributed by atoms with Gasteiger partial charge in [0.25, 0.3) is 0 Å². The van der Waals surface area contributed by atoms with Gasteiger partial charge in [-0.25, -0.2) is 0 Å². The maximum absolute atomic E-state index is 9.33. The molecular formula is C13H25NO. The molecule has 1 atom stereocenters. The summed E-state index contributed by atoms with van der Waals surface area (Å²) in [5.41, 5.74) is 1.00. The molecule has 0 bridgehead atoms. The van der Waals surface area contributed by atoms with E-state index in [1.54, 1.807) is 0 Å². The first-order valence-corrected chi connectivity index (χ1v) is 5.57. The molecule has 2 nitrogen and oxygen atoms in total. The fraction of sp³-hybridized carbons (Fsp3) is 0.538. The summed E-state index contributed by atoms with van der Waals surface area (Å²) in [7, 11) is 3.75. The van der Waals surface area contributed by atoms with Crippen LogP contribution in [0.25, 0.3) is 0 Å². The molecule has 1 rings (SSSR count). The van der Waals surface area contributed by atoms with Gasteiger partial charge in [0.15, 0.2) is 0 Å². The minimum absolute atomic E-state index is 0.291. The number of hydrogen-bond donors (Lipinski definition) is 2. The molecule has 1 aromatic carbocycles. The van der Waals surface area contributed by atoms with Gasteiger partial charge in [-0.15, -0.1) is 0 Å². The Morgan fingerprint density at radius 2 is 1.53 bits per heavy atom. The number of benzene rings is 1. The molecule has 15 heavy (non-hydrogen) atoms. The van der Waals surface area contributed by atoms with E-state index >= 15 is 0 Å². The van der Waals surface area contributed by atoms with Crippen LogP contribution in [-0.2, 0) is 0 Å². The molecule has 0 radical (unpaired) electrons. The Bertz CT molecular complexity index is 199. The molecule has 0 heterocycles. The average Bonchev–Trinajstić information content (AvgIpc) is 2.33. The lowest BCUT2D eigenvalue weighted by Crippen LogP contribution is -1.93. The Kier molecular flexibility index (Phi) is 14.5. The largest absolute Gasteiger partial charge is 0.388 e. The maximum atomic E-state index is 9.33. The van der Waals surface area contributed by atoms with E-state index in [-0.39, 0.29) is 6.10 Å². The molecule has 1 unspecified atom stereocenters. The van der Waals surface area contributed by atoms with E-state index < -0.39 is 0 Å². The highest BCUT2D eigenvalue weighted by Gasteiger charge is 2.00. The van der Waals surface area contributed by atoms with Gasteiger partial charge in [-0.05, 0) is 26.1 Å². The van der Waals surface area contributed by atoms with Crippen molar-refractivity contribution in [3.05, 3.63) is 35.9 Å². The van der Waals surface area contributed by atoms with Crippen LogP contribution >= 0.6 is 0 Å². The van der Waals surface area contributed by atoms with Gasteiger partial charge in [-0.3, -0.25) is 0 Å². The molecule has 0 aliphatic heterocycles. The molecule has 0 spiro atoms. The molecule has 0 aromatic heterocycles. The van der Waals surface area contributed by atoms with Crippen LogP contribution in [0.3, 0.4) is 0 Å². The molecule has 88 valence electrons. The first-order chi connectivity index (χ1) is 7.26. The van der Waals surface area contributed by atoms with Crippen LogP contribution in [0, 0.1) is 0 Å². The van der Waals surface area contributed by atoms with E-state index in [1.807, 2.05) is 65.2 Å². The molecule has 0 aliphatic rings. The minimum atomic E-state index is -0.291. The molecule has 2 N–H and O–H groups in total. The Morgan fingerprint density at radius 1 is 1.13 bits per heavy atom. The Morgan fingerprint density at radius 3 is 1.87 bits per heavy atom. The first-order valence-electron chi connectivity index (χ1n) is 5.57. The number of hydrogen-bond acceptors (Lipinski definition) is 2. The highest BCUT2D eigenvalue weighted by atomic mass is 16.3. The zero-order chi connectivity index (χ0) is 12.1. The molecule has 0 aliphatic carbocycles. The number of nitrogens with one attached hydrogen (secondary N) is 1. The standard InChI is InChI=1S/C9H12O.C2H7N.C2H6/c1-2-9(10)8-6-4-3-5-7-8;1-3-2;1-2/h3-7,9-10H,2H2,1H3;3H,1-2H3;1-2H3. The second-order valence-electron chi connectivity index (χ2n) is 2.83. The van der Waals surface area contributed by atoms with Crippen LogP contribution in [0.2, 0.25) is 0 Å². The average molecular weight is 211 g/mol. The van der Waals surface area contributed by atoms with Crippen LogP contribution in [-0.4, -0.2) is 19.2 Å². The van der Waals surface area contributed by atoms with Crippen molar-refractivity contribution in [1.82, 2.24) is 5.32 Å². The van der Waals surface area contributed by atoms with E-state index in [1.165, 1.54) is 0 Å². The normalized spacial score (nSPS) is 10.3. The Balaban J connectivity index is 0. The van der Waals surface area contributed by atoms with E-state index in [4.69, 9.17) is 0 Å². The monoisotopic (exact) mass is 211 g/mol. The van der Waals surface area contributed by atoms with Crippen molar-refractivity contribution in [2.24, 2.45) is 0 Å². The summed E-state index contributed by atoms with van der Waals surface area (Å²) in [6, 6.07) is 9.70. The summed E-state index contributed by atoms with van der Waals surface area (Å²) < 4.78 is 0. The number of aliphatic hydroxyl groups is 1. The maximum Gasteiger partial charge on any atom is 0.0787 e. The summed E-state index contributed by atoms with van der Waals surface area (Å²) in [6.07, 6.45) is 0.491. The van der Waals surface area contributed by atoms with Gasteiger partial charge >= 0.3 is 0 Å². The molecule has 0 amide bonds. The van der Waals surface area contributed by atoms with Gasteiger partial charge < -0.3 is 10.4 Å². The summed E-state index contributed by atoms with van der Waals surface area (Å²) in [6.45, 7) is 5.97. The summed E-state index contributed by atoms with van der Waals surface area (Å²) in [4.78, 5) is 0. The number of aliphatic hydroxyl groups excluding tert-OH is 1. The Hall–Kier alpha value is -0.860. The zero-order valence-corrected chi connectivity index (χ0v) is 10.6.